The summed E-state index contributed by atoms with van der Waals surface area (Å²) >= 11 is 0. The van der Waals surface area contributed by atoms with Crippen molar-refractivity contribution in [2.24, 2.45) is 5.92 Å². The molecule has 0 fully saturated rings. The number of nitrogens with zero attached hydrogens (tertiary/aromatic N) is 1. The Labute approximate surface area is 305 Å². The highest BCUT2D eigenvalue weighted by molar-refractivity contribution is 7.90. The van der Waals surface area contributed by atoms with Crippen LogP contribution >= 0.6 is 0 Å². The molecule has 0 heterocycles. The second-order valence-electron chi connectivity index (χ2n) is 13.6. The number of benzene rings is 3. The number of hydrogen-bond donors (Lipinski definition) is 0. The van der Waals surface area contributed by atoms with E-state index in [2.05, 4.69) is 73.6 Å². The number of alkyl halides is 1. The number of carbonyl (C=O) groups is 1. The smallest absolute Gasteiger partial charge is 0.175 e. The Hall–Kier alpha value is -3.56. The number of allylic oxidation sites excluding steroid dienone is 2. The molecule has 0 unspecified atom stereocenters. The van der Waals surface area contributed by atoms with Crippen molar-refractivity contribution in [3.63, 3.8) is 0 Å². The number of ketones is 1. The predicted molar refractivity (Wildman–Crippen MR) is 212 cm³/mol. The summed E-state index contributed by atoms with van der Waals surface area (Å²) in [6, 6.07) is 21.6. The Bertz CT molecular complexity index is 1600. The minimum absolute atomic E-state index is 0.139. The van der Waals surface area contributed by atoms with E-state index >= 15 is 0 Å². The first kappa shape index (κ1) is 46.4. The molecule has 0 aliphatic heterocycles. The number of nitriles is 1. The van der Waals surface area contributed by atoms with Crippen LogP contribution in [0.1, 0.15) is 152 Å². The normalized spacial score (nSPS) is 11.5. The zero-order valence-corrected chi connectivity index (χ0v) is 33.9. The van der Waals surface area contributed by atoms with Crippen molar-refractivity contribution in [1.29, 1.82) is 5.26 Å². The van der Waals surface area contributed by atoms with E-state index < -0.39 is 15.5 Å². The Morgan fingerprint density at radius 3 is 1.78 bits per heavy atom. The van der Waals surface area contributed by atoms with E-state index in [4.69, 9.17) is 5.26 Å². The molecule has 3 aromatic carbocycles. The second-order valence-corrected chi connectivity index (χ2v) is 15.6. The fourth-order valence-corrected chi connectivity index (χ4v) is 6.09. The molecule has 0 aromatic heterocycles. The van der Waals surface area contributed by atoms with Crippen LogP contribution in [0.25, 0.3) is 5.57 Å². The van der Waals surface area contributed by atoms with Crippen molar-refractivity contribution in [1.82, 2.24) is 0 Å². The van der Waals surface area contributed by atoms with Crippen molar-refractivity contribution in [3.8, 4) is 6.07 Å². The fraction of sp³-hybridized carbons (Fsp3) is 0.500. The molecule has 4 nitrogen and oxygen atoms in total. The number of rotatable bonds is 12. The number of carbonyl (C=O) groups excluding carboxylic acids is 1. The first-order valence-corrected chi connectivity index (χ1v) is 20.1. The van der Waals surface area contributed by atoms with Gasteiger partial charge in [0.1, 0.15) is 5.67 Å². The summed E-state index contributed by atoms with van der Waals surface area (Å²) in [5.41, 5.74) is 7.22. The molecule has 0 atom stereocenters. The number of Topliss-reactive ketones (excluding diaryl/α,β-unsaturated/α-hetero) is 1. The Kier molecular flexibility index (Phi) is 22.1. The average Bonchev–Trinajstić information content (AvgIpc) is 3.06. The van der Waals surface area contributed by atoms with Crippen LogP contribution in [0.15, 0.2) is 77.2 Å². The molecule has 0 radical (unpaired) electrons. The van der Waals surface area contributed by atoms with Gasteiger partial charge < -0.3 is 0 Å². The molecular formula is C44H64FNO3S. The van der Waals surface area contributed by atoms with Gasteiger partial charge in [0, 0.05) is 11.8 Å². The van der Waals surface area contributed by atoms with Crippen LogP contribution in [-0.4, -0.2) is 20.5 Å². The minimum atomic E-state index is -3.19. The third-order valence-corrected chi connectivity index (χ3v) is 9.61. The first-order chi connectivity index (χ1) is 23.4. The molecule has 50 heavy (non-hydrogen) atoms. The molecule has 0 spiro atoms. The van der Waals surface area contributed by atoms with E-state index in [1.165, 1.54) is 98.1 Å². The van der Waals surface area contributed by atoms with Gasteiger partial charge in [-0.2, -0.15) is 5.26 Å². The summed E-state index contributed by atoms with van der Waals surface area (Å²) in [7, 11) is -3.19. The van der Waals surface area contributed by atoms with Gasteiger partial charge >= 0.3 is 0 Å². The zero-order valence-electron chi connectivity index (χ0n) is 33.0. The van der Waals surface area contributed by atoms with Crippen LogP contribution < -0.4 is 0 Å². The molecule has 6 heteroatoms. The van der Waals surface area contributed by atoms with Crippen LogP contribution in [0.5, 0.6) is 0 Å². The molecule has 0 saturated carbocycles. The molecule has 3 aromatic rings. The van der Waals surface area contributed by atoms with Gasteiger partial charge in [-0.25, -0.2) is 12.8 Å². The average molecular weight is 706 g/mol. The topological polar surface area (TPSA) is 75.0 Å². The van der Waals surface area contributed by atoms with E-state index in [0.717, 1.165) is 42.6 Å². The maximum absolute atomic E-state index is 13.4. The molecule has 0 amide bonds. The lowest BCUT2D eigenvalue weighted by Crippen LogP contribution is -2.09. The van der Waals surface area contributed by atoms with Gasteiger partial charge in [0.2, 0.25) is 0 Å². The molecule has 3 rings (SSSR count). The minimum Gasteiger partial charge on any atom is -0.295 e. The summed E-state index contributed by atoms with van der Waals surface area (Å²) in [4.78, 5) is 11.7. The Morgan fingerprint density at radius 2 is 1.40 bits per heavy atom. The molecule has 276 valence electrons. The van der Waals surface area contributed by atoms with Crippen LogP contribution in [0, 0.1) is 24.2 Å². The van der Waals surface area contributed by atoms with Crippen molar-refractivity contribution < 1.29 is 17.6 Å². The van der Waals surface area contributed by atoms with Gasteiger partial charge in [-0.05, 0) is 118 Å². The summed E-state index contributed by atoms with van der Waals surface area (Å²) in [6.07, 6.45) is 11.0. The number of hydrogen-bond acceptors (Lipinski definition) is 4. The first-order valence-electron chi connectivity index (χ1n) is 18.2. The maximum Gasteiger partial charge on any atom is 0.175 e. The monoisotopic (exact) mass is 705 g/mol. The van der Waals surface area contributed by atoms with Crippen molar-refractivity contribution in [2.75, 3.05) is 6.26 Å². The third-order valence-electron chi connectivity index (χ3n) is 8.49. The summed E-state index contributed by atoms with van der Waals surface area (Å²) < 4.78 is 35.6. The van der Waals surface area contributed by atoms with Crippen LogP contribution in [0.3, 0.4) is 0 Å². The summed E-state index contributed by atoms with van der Waals surface area (Å²) in [5, 5.41) is 8.45. The van der Waals surface area contributed by atoms with E-state index in [9.17, 15) is 17.6 Å². The van der Waals surface area contributed by atoms with Crippen molar-refractivity contribution >= 4 is 21.2 Å². The quantitative estimate of drug-likeness (QED) is 0.176. The van der Waals surface area contributed by atoms with E-state index in [1.54, 1.807) is 6.92 Å². The summed E-state index contributed by atoms with van der Waals surface area (Å²) in [6.45, 7) is 22.2. The van der Waals surface area contributed by atoms with Gasteiger partial charge in [-0.1, -0.05) is 116 Å². The Morgan fingerprint density at radius 1 is 0.860 bits per heavy atom. The molecule has 0 aliphatic carbocycles. The second kappa shape index (κ2) is 23.8. The molecule has 0 saturated heterocycles. The number of halogens is 1. The molecule has 0 aliphatic rings. The molecular weight excluding hydrogens is 642 g/mol. The summed E-state index contributed by atoms with van der Waals surface area (Å²) in [5.74, 6) is 1.10. The lowest BCUT2D eigenvalue weighted by Gasteiger charge is -2.14. The van der Waals surface area contributed by atoms with E-state index in [1.807, 2.05) is 30.3 Å². The van der Waals surface area contributed by atoms with E-state index in [0.29, 0.717) is 5.56 Å². The van der Waals surface area contributed by atoms with Crippen molar-refractivity contribution in [3.05, 3.63) is 106 Å². The van der Waals surface area contributed by atoms with Crippen LogP contribution in [0.4, 0.5) is 4.39 Å². The van der Waals surface area contributed by atoms with Gasteiger partial charge in [0.15, 0.2) is 15.6 Å². The third kappa shape index (κ3) is 17.9. The predicted octanol–water partition coefficient (Wildman–Crippen LogP) is 12.8. The highest BCUT2D eigenvalue weighted by Crippen LogP contribution is 2.28. The SMILES string of the molecule is CC(C)(F)c1ccc(S(C)(=O)=O)cc1.CCC/C(C)=C(\CC)c1cc(C(C)=O)ccc1C.CCCC(C)CCC.CCc1ccc(C#N)cc1. The van der Waals surface area contributed by atoms with Crippen molar-refractivity contribution in [2.45, 2.75) is 138 Å². The Balaban J connectivity index is 0.000000670. The number of aryl methyl sites for hydroxylation is 2. The highest BCUT2D eigenvalue weighted by Gasteiger charge is 2.19. The van der Waals surface area contributed by atoms with Crippen LogP contribution in [-0.2, 0) is 21.9 Å². The van der Waals surface area contributed by atoms with E-state index in [-0.39, 0.29) is 10.7 Å². The highest BCUT2D eigenvalue weighted by atomic mass is 32.2. The zero-order chi connectivity index (χ0) is 38.5. The van der Waals surface area contributed by atoms with Crippen LogP contribution in [0.2, 0.25) is 0 Å². The lowest BCUT2D eigenvalue weighted by atomic mass is 9.91. The fourth-order valence-electron chi connectivity index (χ4n) is 5.46. The lowest BCUT2D eigenvalue weighted by molar-refractivity contribution is 0.101. The molecule has 0 N–H and O–H groups in total. The van der Waals surface area contributed by atoms with Gasteiger partial charge in [-0.15, -0.1) is 0 Å². The van der Waals surface area contributed by atoms with Gasteiger partial charge in [-0.3, -0.25) is 4.79 Å². The largest absolute Gasteiger partial charge is 0.295 e. The maximum atomic E-state index is 13.4. The van der Waals surface area contributed by atoms with Gasteiger partial charge in [0.25, 0.3) is 0 Å². The number of sulfone groups is 1. The molecule has 0 bridgehead atoms. The standard InChI is InChI=1S/C17H24O.C10H13FO2S.C9H9N.C8H18/c1-6-8-12(3)16(7-2)17-11-15(14(5)18)10-9-13(17)4;1-10(2,11)8-4-6-9(7-5-8)14(3,12)13;1-2-8-3-5-9(7-10)6-4-8;1-4-6-8(3)7-5-2/h9-11H,6-8H2,1-5H3;4-7H,1-3H3;3-6H,2H2,1H3;8H,4-7H2,1-3H3/b16-12+;;;. The van der Waals surface area contributed by atoms with Gasteiger partial charge in [0.05, 0.1) is 16.5 Å².